The minimum atomic E-state index is 0.358. The van der Waals surface area contributed by atoms with Crippen molar-refractivity contribution in [2.24, 2.45) is 0 Å². The number of rotatable bonds is 6. The highest BCUT2D eigenvalue weighted by atomic mass is 15.1. The van der Waals surface area contributed by atoms with E-state index < -0.39 is 0 Å². The molecule has 0 aliphatic carbocycles. The lowest BCUT2D eigenvalue weighted by Crippen LogP contribution is -2.14. The fourth-order valence-electron chi connectivity index (χ4n) is 2.08. The van der Waals surface area contributed by atoms with E-state index in [1.807, 2.05) is 24.3 Å². The molecule has 0 bridgehead atoms. The van der Waals surface area contributed by atoms with Crippen molar-refractivity contribution >= 4 is 16.6 Å². The van der Waals surface area contributed by atoms with Crippen molar-refractivity contribution in [3.8, 4) is 6.07 Å². The van der Waals surface area contributed by atoms with Crippen LogP contribution in [0, 0.1) is 11.3 Å². The normalized spacial score (nSPS) is 10.7. The average molecular weight is 269 g/mol. The van der Waals surface area contributed by atoms with Crippen LogP contribution in [0.2, 0.25) is 0 Å². The Bertz CT molecular complexity index is 615. The van der Waals surface area contributed by atoms with Crippen LogP contribution in [-0.4, -0.2) is 42.3 Å². The molecule has 1 heterocycles. The molecule has 1 aromatic heterocycles. The Kier molecular flexibility index (Phi) is 4.85. The summed E-state index contributed by atoms with van der Waals surface area (Å²) in [6.07, 6.45) is 2.18. The van der Waals surface area contributed by atoms with Gasteiger partial charge in [-0.15, -0.1) is 10.2 Å². The fraction of sp³-hybridized carbons (Fsp3) is 0.400. The van der Waals surface area contributed by atoms with Crippen molar-refractivity contribution in [3.63, 3.8) is 0 Å². The molecule has 0 unspecified atom stereocenters. The molecule has 2 rings (SSSR count). The van der Waals surface area contributed by atoms with Gasteiger partial charge in [0.2, 0.25) is 0 Å². The Labute approximate surface area is 119 Å². The molecular weight excluding hydrogens is 250 g/mol. The van der Waals surface area contributed by atoms with E-state index in [0.717, 1.165) is 42.5 Å². The first-order chi connectivity index (χ1) is 9.72. The molecule has 0 amide bonds. The summed E-state index contributed by atoms with van der Waals surface area (Å²) in [6.45, 7) is 1.90. The van der Waals surface area contributed by atoms with E-state index >= 15 is 0 Å². The van der Waals surface area contributed by atoms with Crippen LogP contribution in [0.1, 0.15) is 18.5 Å². The average Bonchev–Trinajstić information content (AvgIpc) is 2.46. The minimum Gasteiger partial charge on any atom is -0.382 e. The van der Waals surface area contributed by atoms with Crippen LogP contribution in [0.3, 0.4) is 0 Å². The molecule has 0 aliphatic rings. The van der Waals surface area contributed by atoms with Crippen LogP contribution >= 0.6 is 0 Å². The first-order valence-corrected chi connectivity index (χ1v) is 6.76. The topological polar surface area (TPSA) is 64.8 Å². The summed E-state index contributed by atoms with van der Waals surface area (Å²) in [4.78, 5) is 2.17. The van der Waals surface area contributed by atoms with E-state index in [4.69, 9.17) is 5.26 Å². The molecule has 0 saturated heterocycles. The Balaban J connectivity index is 2.10. The van der Waals surface area contributed by atoms with Crippen LogP contribution in [-0.2, 0) is 0 Å². The number of nitrogens with zero attached hydrogens (tertiary/aromatic N) is 4. The Hall–Kier alpha value is -2.19. The zero-order valence-electron chi connectivity index (χ0n) is 11.9. The molecule has 0 radical (unpaired) electrons. The molecular formula is C15H19N5. The predicted octanol–water partition coefficient (Wildman–Crippen LogP) is 2.26. The molecule has 1 aromatic carbocycles. The molecule has 2 aromatic rings. The molecule has 5 heteroatoms. The highest BCUT2D eigenvalue weighted by Crippen LogP contribution is 2.23. The van der Waals surface area contributed by atoms with Crippen molar-refractivity contribution in [2.45, 2.75) is 12.8 Å². The van der Waals surface area contributed by atoms with Crippen molar-refractivity contribution in [2.75, 3.05) is 32.5 Å². The summed E-state index contributed by atoms with van der Waals surface area (Å²) in [6, 6.07) is 9.84. The maximum Gasteiger partial charge on any atom is 0.186 e. The first-order valence-electron chi connectivity index (χ1n) is 6.76. The lowest BCUT2D eigenvalue weighted by molar-refractivity contribution is 0.396. The van der Waals surface area contributed by atoms with Crippen molar-refractivity contribution in [1.82, 2.24) is 15.1 Å². The SMILES string of the molecule is CN(C)CCCCNc1c(C#N)nnc2ccccc12. The molecule has 0 fully saturated rings. The van der Waals surface area contributed by atoms with Gasteiger partial charge in [0.1, 0.15) is 6.07 Å². The van der Waals surface area contributed by atoms with Gasteiger partial charge in [-0.25, -0.2) is 0 Å². The van der Waals surface area contributed by atoms with Gasteiger partial charge in [0.15, 0.2) is 5.69 Å². The summed E-state index contributed by atoms with van der Waals surface area (Å²) in [7, 11) is 4.14. The van der Waals surface area contributed by atoms with Crippen molar-refractivity contribution < 1.29 is 0 Å². The molecule has 0 atom stereocenters. The van der Waals surface area contributed by atoms with Gasteiger partial charge in [0.25, 0.3) is 0 Å². The summed E-state index contributed by atoms with van der Waals surface area (Å²) >= 11 is 0. The number of aromatic nitrogens is 2. The highest BCUT2D eigenvalue weighted by molar-refractivity contribution is 5.92. The summed E-state index contributed by atoms with van der Waals surface area (Å²) in [5.74, 6) is 0. The summed E-state index contributed by atoms with van der Waals surface area (Å²) in [5.41, 5.74) is 1.96. The summed E-state index contributed by atoms with van der Waals surface area (Å²) in [5, 5.41) is 21.5. The minimum absolute atomic E-state index is 0.358. The number of nitriles is 1. The van der Waals surface area contributed by atoms with Gasteiger partial charge in [-0.3, -0.25) is 0 Å². The van der Waals surface area contributed by atoms with E-state index in [-0.39, 0.29) is 0 Å². The van der Waals surface area contributed by atoms with Crippen LogP contribution < -0.4 is 5.32 Å². The number of anilines is 1. The number of benzene rings is 1. The van der Waals surface area contributed by atoms with Crippen molar-refractivity contribution in [3.05, 3.63) is 30.0 Å². The third kappa shape index (κ3) is 3.43. The quantitative estimate of drug-likeness (QED) is 0.815. The lowest BCUT2D eigenvalue weighted by atomic mass is 10.1. The molecule has 1 N–H and O–H groups in total. The number of hydrogen-bond donors (Lipinski definition) is 1. The van der Waals surface area contributed by atoms with E-state index in [1.54, 1.807) is 0 Å². The number of fused-ring (bicyclic) bond motifs is 1. The Morgan fingerprint density at radius 1 is 1.20 bits per heavy atom. The van der Waals surface area contributed by atoms with Gasteiger partial charge in [0.05, 0.1) is 11.2 Å². The van der Waals surface area contributed by atoms with Crippen LogP contribution in [0.5, 0.6) is 0 Å². The monoisotopic (exact) mass is 269 g/mol. The first kappa shape index (κ1) is 14.2. The molecule has 20 heavy (non-hydrogen) atoms. The second kappa shape index (κ2) is 6.83. The number of unbranched alkanes of at least 4 members (excludes halogenated alkanes) is 1. The van der Waals surface area contributed by atoms with Crippen LogP contribution in [0.4, 0.5) is 5.69 Å². The molecule has 0 spiro atoms. The van der Waals surface area contributed by atoms with E-state index in [9.17, 15) is 0 Å². The Morgan fingerprint density at radius 2 is 2.00 bits per heavy atom. The van der Waals surface area contributed by atoms with Crippen molar-refractivity contribution in [1.29, 1.82) is 5.26 Å². The zero-order valence-corrected chi connectivity index (χ0v) is 11.9. The second-order valence-electron chi connectivity index (χ2n) is 4.99. The van der Waals surface area contributed by atoms with Crippen LogP contribution in [0.25, 0.3) is 10.9 Å². The lowest BCUT2D eigenvalue weighted by Gasteiger charge is -2.12. The third-order valence-electron chi connectivity index (χ3n) is 3.11. The van der Waals surface area contributed by atoms with Gasteiger partial charge in [-0.2, -0.15) is 5.26 Å². The van der Waals surface area contributed by atoms with Crippen LogP contribution in [0.15, 0.2) is 24.3 Å². The van der Waals surface area contributed by atoms with E-state index in [0.29, 0.717) is 5.69 Å². The van der Waals surface area contributed by atoms with E-state index in [2.05, 4.69) is 40.6 Å². The maximum absolute atomic E-state index is 9.15. The molecule has 0 saturated carbocycles. The predicted molar refractivity (Wildman–Crippen MR) is 80.5 cm³/mol. The molecule has 5 nitrogen and oxygen atoms in total. The van der Waals surface area contributed by atoms with Gasteiger partial charge >= 0.3 is 0 Å². The van der Waals surface area contributed by atoms with Gasteiger partial charge in [-0.1, -0.05) is 18.2 Å². The molecule has 104 valence electrons. The highest BCUT2D eigenvalue weighted by Gasteiger charge is 2.09. The van der Waals surface area contributed by atoms with Gasteiger partial charge < -0.3 is 10.2 Å². The van der Waals surface area contributed by atoms with E-state index in [1.165, 1.54) is 0 Å². The standard InChI is InChI=1S/C15H19N5/c1-20(2)10-6-5-9-17-15-12-7-3-4-8-13(12)18-19-14(15)11-16/h3-4,7-8H,5-6,9-10H2,1-2H3,(H,17,18). The second-order valence-corrected chi connectivity index (χ2v) is 4.99. The Morgan fingerprint density at radius 3 is 2.75 bits per heavy atom. The third-order valence-corrected chi connectivity index (χ3v) is 3.11. The largest absolute Gasteiger partial charge is 0.382 e. The van der Waals surface area contributed by atoms with Gasteiger partial charge in [-0.05, 0) is 39.5 Å². The smallest absolute Gasteiger partial charge is 0.186 e. The maximum atomic E-state index is 9.15. The number of nitrogens with one attached hydrogen (secondary N) is 1. The zero-order chi connectivity index (χ0) is 14.4. The van der Waals surface area contributed by atoms with Gasteiger partial charge in [0, 0.05) is 11.9 Å². The number of hydrogen-bond acceptors (Lipinski definition) is 5. The fourth-order valence-corrected chi connectivity index (χ4v) is 2.08. The molecule has 0 aliphatic heterocycles. The summed E-state index contributed by atoms with van der Waals surface area (Å²) < 4.78 is 0.